The van der Waals surface area contributed by atoms with Gasteiger partial charge in [-0.25, -0.2) is 4.79 Å². The summed E-state index contributed by atoms with van der Waals surface area (Å²) in [4.78, 5) is 11.8. The summed E-state index contributed by atoms with van der Waals surface area (Å²) in [6.07, 6.45) is -3.33. The Morgan fingerprint density at radius 2 is 1.86 bits per heavy atom. The third-order valence-electron chi connectivity index (χ3n) is 3.61. The smallest absolute Gasteiger partial charge is 0.335 e. The second-order valence-electron chi connectivity index (χ2n) is 5.20. The minimum Gasteiger partial charge on any atom is -0.335 e. The molecular formula is C14H16ClF3N2O. The van der Waals surface area contributed by atoms with Crippen LogP contribution in [0.2, 0.25) is 5.02 Å². The van der Waals surface area contributed by atoms with Gasteiger partial charge in [0.15, 0.2) is 0 Å². The topological polar surface area (TPSA) is 41.1 Å². The maximum atomic E-state index is 12.5. The third kappa shape index (κ3) is 4.81. The molecule has 21 heavy (non-hydrogen) atoms. The first kappa shape index (κ1) is 15.9. The van der Waals surface area contributed by atoms with Gasteiger partial charge in [-0.3, -0.25) is 0 Å². The van der Waals surface area contributed by atoms with E-state index in [1.807, 2.05) is 0 Å². The summed E-state index contributed by atoms with van der Waals surface area (Å²) >= 11 is 5.80. The van der Waals surface area contributed by atoms with E-state index < -0.39 is 18.1 Å². The molecule has 0 spiro atoms. The summed E-state index contributed by atoms with van der Waals surface area (Å²) in [7, 11) is 0. The van der Waals surface area contributed by atoms with E-state index in [0.717, 1.165) is 0 Å². The van der Waals surface area contributed by atoms with Gasteiger partial charge in [0, 0.05) is 16.8 Å². The summed E-state index contributed by atoms with van der Waals surface area (Å²) < 4.78 is 37.6. The predicted octanol–water partition coefficient (Wildman–Crippen LogP) is 4.58. The fourth-order valence-electron chi connectivity index (χ4n) is 2.48. The summed E-state index contributed by atoms with van der Waals surface area (Å²) in [6.45, 7) is 0. The number of amides is 2. The van der Waals surface area contributed by atoms with E-state index in [4.69, 9.17) is 11.6 Å². The number of benzene rings is 1. The molecule has 2 amide bonds. The summed E-state index contributed by atoms with van der Waals surface area (Å²) in [5, 5.41) is 5.81. The van der Waals surface area contributed by atoms with Crippen LogP contribution in [0, 0.1) is 5.92 Å². The third-order valence-corrected chi connectivity index (χ3v) is 3.84. The largest absolute Gasteiger partial charge is 0.391 e. The van der Waals surface area contributed by atoms with E-state index in [9.17, 15) is 18.0 Å². The number of anilines is 1. The molecule has 0 unspecified atom stereocenters. The molecule has 1 aliphatic rings. The normalized spacial score (nSPS) is 22.7. The minimum absolute atomic E-state index is 0.0611. The van der Waals surface area contributed by atoms with Gasteiger partial charge in [0.25, 0.3) is 0 Å². The van der Waals surface area contributed by atoms with Crippen LogP contribution in [0.25, 0.3) is 0 Å². The molecule has 1 aliphatic carbocycles. The Bertz CT molecular complexity index is 499. The number of urea groups is 1. The Labute approximate surface area is 125 Å². The van der Waals surface area contributed by atoms with E-state index in [1.165, 1.54) is 0 Å². The Morgan fingerprint density at radius 3 is 2.43 bits per heavy atom. The van der Waals surface area contributed by atoms with Gasteiger partial charge in [-0.1, -0.05) is 17.7 Å². The molecule has 0 radical (unpaired) electrons. The molecule has 1 aromatic rings. The van der Waals surface area contributed by atoms with Gasteiger partial charge in [-0.15, -0.1) is 0 Å². The van der Waals surface area contributed by atoms with Crippen molar-refractivity contribution >= 4 is 23.3 Å². The van der Waals surface area contributed by atoms with Crippen LogP contribution in [-0.4, -0.2) is 18.2 Å². The first-order chi connectivity index (χ1) is 9.84. The van der Waals surface area contributed by atoms with Crippen LogP contribution < -0.4 is 10.6 Å². The lowest BCUT2D eigenvalue weighted by molar-refractivity contribution is -0.182. The molecule has 0 aromatic heterocycles. The highest BCUT2D eigenvalue weighted by Gasteiger charge is 2.41. The summed E-state index contributed by atoms with van der Waals surface area (Å²) in [5.74, 6) is -1.24. The molecule has 0 saturated heterocycles. The number of carbonyl (C=O) groups excluding carboxylic acids is 1. The summed E-state index contributed by atoms with van der Waals surface area (Å²) in [5.41, 5.74) is 0.545. The Balaban J connectivity index is 1.79. The Hall–Kier alpha value is -1.43. The number of hydrogen-bond donors (Lipinski definition) is 2. The number of carbonyl (C=O) groups is 1. The van der Waals surface area contributed by atoms with Crippen LogP contribution in [0.15, 0.2) is 24.3 Å². The lowest BCUT2D eigenvalue weighted by Crippen LogP contribution is -2.41. The molecule has 0 bridgehead atoms. The highest BCUT2D eigenvalue weighted by atomic mass is 35.5. The zero-order valence-electron chi connectivity index (χ0n) is 11.2. The molecule has 3 nitrogen and oxygen atoms in total. The Morgan fingerprint density at radius 1 is 1.19 bits per heavy atom. The van der Waals surface area contributed by atoms with Crippen molar-refractivity contribution in [2.24, 2.45) is 5.92 Å². The summed E-state index contributed by atoms with van der Waals surface area (Å²) in [6, 6.07) is 6.03. The van der Waals surface area contributed by atoms with Crippen molar-refractivity contribution in [2.75, 3.05) is 5.32 Å². The molecule has 0 atom stereocenters. The van der Waals surface area contributed by atoms with Gasteiger partial charge in [0.05, 0.1) is 5.92 Å². The second-order valence-corrected chi connectivity index (χ2v) is 5.64. The predicted molar refractivity (Wildman–Crippen MR) is 75.4 cm³/mol. The van der Waals surface area contributed by atoms with Gasteiger partial charge in [-0.2, -0.15) is 13.2 Å². The van der Waals surface area contributed by atoms with Crippen molar-refractivity contribution in [2.45, 2.75) is 37.9 Å². The lowest BCUT2D eigenvalue weighted by Gasteiger charge is -2.30. The molecular weight excluding hydrogens is 305 g/mol. The van der Waals surface area contributed by atoms with Crippen molar-refractivity contribution in [3.05, 3.63) is 29.3 Å². The molecule has 1 fully saturated rings. The molecule has 1 saturated carbocycles. The van der Waals surface area contributed by atoms with Gasteiger partial charge in [0.2, 0.25) is 0 Å². The van der Waals surface area contributed by atoms with Crippen molar-refractivity contribution < 1.29 is 18.0 Å². The number of nitrogens with one attached hydrogen (secondary N) is 2. The van der Waals surface area contributed by atoms with E-state index in [0.29, 0.717) is 23.6 Å². The first-order valence-electron chi connectivity index (χ1n) is 6.74. The average Bonchev–Trinajstić information content (AvgIpc) is 2.38. The van der Waals surface area contributed by atoms with Crippen LogP contribution in [-0.2, 0) is 0 Å². The monoisotopic (exact) mass is 320 g/mol. The number of halogens is 4. The van der Waals surface area contributed by atoms with E-state index in [-0.39, 0.29) is 18.9 Å². The van der Waals surface area contributed by atoms with Crippen molar-refractivity contribution in [3.63, 3.8) is 0 Å². The molecule has 0 aliphatic heterocycles. The fourth-order valence-corrected chi connectivity index (χ4v) is 2.67. The van der Waals surface area contributed by atoms with E-state index in [2.05, 4.69) is 10.6 Å². The number of hydrogen-bond acceptors (Lipinski definition) is 1. The number of alkyl halides is 3. The van der Waals surface area contributed by atoms with E-state index in [1.54, 1.807) is 24.3 Å². The van der Waals surface area contributed by atoms with Gasteiger partial charge >= 0.3 is 12.2 Å². The average molecular weight is 321 g/mol. The van der Waals surface area contributed by atoms with Gasteiger partial charge in [-0.05, 0) is 43.9 Å². The highest BCUT2D eigenvalue weighted by molar-refractivity contribution is 6.30. The van der Waals surface area contributed by atoms with Crippen LogP contribution in [0.1, 0.15) is 25.7 Å². The lowest BCUT2D eigenvalue weighted by atomic mass is 9.86. The maximum Gasteiger partial charge on any atom is 0.391 e. The molecule has 116 valence electrons. The quantitative estimate of drug-likeness (QED) is 0.822. The molecule has 0 heterocycles. The van der Waals surface area contributed by atoms with Crippen molar-refractivity contribution in [1.29, 1.82) is 0 Å². The maximum absolute atomic E-state index is 12.5. The molecule has 2 rings (SSSR count). The molecule has 7 heteroatoms. The SMILES string of the molecule is O=C(Nc1cccc(Cl)c1)NC1CCC(C(F)(F)F)CC1. The van der Waals surface area contributed by atoms with Crippen LogP contribution in [0.5, 0.6) is 0 Å². The van der Waals surface area contributed by atoms with Crippen molar-refractivity contribution in [1.82, 2.24) is 5.32 Å². The van der Waals surface area contributed by atoms with Crippen molar-refractivity contribution in [3.8, 4) is 0 Å². The van der Waals surface area contributed by atoms with Gasteiger partial charge in [0.1, 0.15) is 0 Å². The number of rotatable bonds is 2. The van der Waals surface area contributed by atoms with Gasteiger partial charge < -0.3 is 10.6 Å². The zero-order chi connectivity index (χ0) is 15.5. The molecule has 2 N–H and O–H groups in total. The fraction of sp³-hybridized carbons (Fsp3) is 0.500. The van der Waals surface area contributed by atoms with Crippen LogP contribution in [0.3, 0.4) is 0 Å². The standard InChI is InChI=1S/C14H16ClF3N2O/c15-10-2-1-3-12(8-10)20-13(21)19-11-6-4-9(5-7-11)14(16,17)18/h1-3,8-9,11H,4-7H2,(H2,19,20,21). The van der Waals surface area contributed by atoms with Crippen LogP contribution in [0.4, 0.5) is 23.7 Å². The highest BCUT2D eigenvalue weighted by Crippen LogP contribution is 2.37. The first-order valence-corrected chi connectivity index (χ1v) is 7.12. The molecule has 1 aromatic carbocycles. The van der Waals surface area contributed by atoms with Crippen LogP contribution >= 0.6 is 11.6 Å². The zero-order valence-corrected chi connectivity index (χ0v) is 12.0. The second kappa shape index (κ2) is 6.56. The minimum atomic E-state index is -4.13. The Kier molecular flexibility index (Phi) is 4.98. The van der Waals surface area contributed by atoms with E-state index >= 15 is 0 Å².